The third-order valence-electron chi connectivity index (χ3n) is 9.30. The Hall–Kier alpha value is -6.26. The predicted octanol–water partition coefficient (Wildman–Crippen LogP) is 11.3. The summed E-state index contributed by atoms with van der Waals surface area (Å²) < 4.78 is 8.47. The van der Waals surface area contributed by atoms with Gasteiger partial charge in [-0.3, -0.25) is 0 Å². The molecule has 0 atom stereocenters. The van der Waals surface area contributed by atoms with Crippen LogP contribution in [0.15, 0.2) is 162 Å². The van der Waals surface area contributed by atoms with Crippen LogP contribution in [0.3, 0.4) is 0 Å². The van der Waals surface area contributed by atoms with Crippen LogP contribution in [-0.2, 0) is 6.42 Å². The molecule has 0 fully saturated rings. The number of nitrogens with zero attached hydrogens (tertiary/aromatic N) is 3. The number of aromatic nitrogens is 3. The topological polar surface area (TPSA) is 43.9 Å². The SMILES string of the molecule is C1=Cc2c(n(-c3ccccc3)c3ccc(-c4ccccc4-c4ccccc4-c4ccc(-c5nnc(-c6ccccc6)o5)cc4)cc23)CC1. The molecule has 9 rings (SSSR count). The van der Waals surface area contributed by atoms with Crippen LogP contribution in [0.25, 0.3) is 79.0 Å². The lowest BCUT2D eigenvalue weighted by molar-refractivity contribution is 0.584. The molecule has 0 unspecified atom stereocenters. The van der Waals surface area contributed by atoms with Gasteiger partial charge in [0.25, 0.3) is 0 Å². The number of allylic oxidation sites excluding steroid dienone is 1. The standard InChI is InChI=1S/C44H31N3O/c1-3-13-31(14-4-1)43-45-46-44(48-43)32-25-23-30(24-26-32)35-17-7-9-19-37(35)38-20-10-8-18-36(38)33-27-28-42-40(29-33)39-21-11-12-22-41(39)47(42)34-15-5-2-6-16-34/h1-11,13-21,23-29H,12,22H2. The molecule has 0 amide bonds. The summed E-state index contributed by atoms with van der Waals surface area (Å²) in [5, 5.41) is 9.88. The van der Waals surface area contributed by atoms with Gasteiger partial charge in [-0.2, -0.15) is 0 Å². The highest BCUT2D eigenvalue weighted by molar-refractivity contribution is 5.99. The Balaban J connectivity index is 1.10. The number of fused-ring (bicyclic) bond motifs is 3. The molecule has 2 aromatic heterocycles. The lowest BCUT2D eigenvalue weighted by Gasteiger charge is -2.15. The van der Waals surface area contributed by atoms with E-state index in [1.807, 2.05) is 30.3 Å². The lowest BCUT2D eigenvalue weighted by Crippen LogP contribution is -2.02. The van der Waals surface area contributed by atoms with Gasteiger partial charge in [-0.15, -0.1) is 10.2 Å². The van der Waals surface area contributed by atoms with Gasteiger partial charge in [-0.1, -0.05) is 115 Å². The van der Waals surface area contributed by atoms with Crippen molar-refractivity contribution in [3.8, 4) is 62.0 Å². The van der Waals surface area contributed by atoms with Crippen molar-refractivity contribution in [2.45, 2.75) is 12.8 Å². The van der Waals surface area contributed by atoms with E-state index in [0.29, 0.717) is 11.8 Å². The Bertz CT molecular complexity index is 2430. The summed E-state index contributed by atoms with van der Waals surface area (Å²) in [6, 6.07) is 53.3. The second kappa shape index (κ2) is 11.8. The molecule has 0 saturated heterocycles. The van der Waals surface area contributed by atoms with Gasteiger partial charge in [0.15, 0.2) is 0 Å². The van der Waals surface area contributed by atoms with Crippen LogP contribution in [0.1, 0.15) is 17.7 Å². The Morgan fingerprint density at radius 1 is 0.500 bits per heavy atom. The van der Waals surface area contributed by atoms with E-state index >= 15 is 0 Å². The molecule has 0 bridgehead atoms. The minimum absolute atomic E-state index is 0.507. The number of hydrogen-bond donors (Lipinski definition) is 0. The quantitative estimate of drug-likeness (QED) is 0.186. The maximum Gasteiger partial charge on any atom is 0.248 e. The van der Waals surface area contributed by atoms with Crippen molar-refractivity contribution >= 4 is 17.0 Å². The molecule has 0 aliphatic heterocycles. The first-order valence-electron chi connectivity index (χ1n) is 16.4. The second-order valence-electron chi connectivity index (χ2n) is 12.2. The van der Waals surface area contributed by atoms with E-state index in [1.165, 1.54) is 55.7 Å². The van der Waals surface area contributed by atoms with Gasteiger partial charge in [0.05, 0.1) is 5.52 Å². The van der Waals surface area contributed by atoms with Crippen molar-refractivity contribution in [2.75, 3.05) is 0 Å². The Kier molecular flexibility index (Phi) is 6.90. The average Bonchev–Trinajstić information content (AvgIpc) is 3.79. The molecule has 0 radical (unpaired) electrons. The van der Waals surface area contributed by atoms with E-state index in [0.717, 1.165) is 29.5 Å². The summed E-state index contributed by atoms with van der Waals surface area (Å²) in [7, 11) is 0. The molecule has 4 nitrogen and oxygen atoms in total. The van der Waals surface area contributed by atoms with Crippen molar-refractivity contribution in [1.29, 1.82) is 0 Å². The number of rotatable bonds is 6. The van der Waals surface area contributed by atoms with Gasteiger partial charge in [-0.25, -0.2) is 0 Å². The molecular weight excluding hydrogens is 587 g/mol. The summed E-state index contributed by atoms with van der Waals surface area (Å²) in [6.45, 7) is 0. The maximum absolute atomic E-state index is 6.02. The fourth-order valence-corrected chi connectivity index (χ4v) is 7.03. The zero-order valence-corrected chi connectivity index (χ0v) is 26.3. The van der Waals surface area contributed by atoms with E-state index < -0.39 is 0 Å². The maximum atomic E-state index is 6.02. The highest BCUT2D eigenvalue weighted by Gasteiger charge is 2.20. The normalized spacial score (nSPS) is 12.3. The monoisotopic (exact) mass is 617 g/mol. The molecule has 1 aliphatic rings. The zero-order valence-electron chi connectivity index (χ0n) is 26.3. The third kappa shape index (κ3) is 4.86. The summed E-state index contributed by atoms with van der Waals surface area (Å²) in [4.78, 5) is 0. The summed E-state index contributed by atoms with van der Waals surface area (Å²) in [6.07, 6.45) is 6.72. The summed E-state index contributed by atoms with van der Waals surface area (Å²) in [5.74, 6) is 1.02. The first-order chi connectivity index (χ1) is 23.8. The largest absolute Gasteiger partial charge is 0.416 e. The number of para-hydroxylation sites is 1. The van der Waals surface area contributed by atoms with Crippen molar-refractivity contribution < 1.29 is 4.42 Å². The zero-order chi connectivity index (χ0) is 31.9. The highest BCUT2D eigenvalue weighted by atomic mass is 16.4. The minimum Gasteiger partial charge on any atom is -0.416 e. The number of hydrogen-bond acceptors (Lipinski definition) is 3. The fourth-order valence-electron chi connectivity index (χ4n) is 7.03. The van der Waals surface area contributed by atoms with Crippen LogP contribution >= 0.6 is 0 Å². The van der Waals surface area contributed by atoms with E-state index in [1.54, 1.807) is 0 Å². The van der Waals surface area contributed by atoms with Crippen LogP contribution in [-0.4, -0.2) is 14.8 Å². The Morgan fingerprint density at radius 3 is 1.73 bits per heavy atom. The van der Waals surface area contributed by atoms with Crippen molar-refractivity contribution in [3.63, 3.8) is 0 Å². The molecular formula is C44H31N3O. The van der Waals surface area contributed by atoms with Gasteiger partial charge in [-0.05, 0) is 94.8 Å². The van der Waals surface area contributed by atoms with Crippen LogP contribution in [0.2, 0.25) is 0 Å². The van der Waals surface area contributed by atoms with E-state index in [-0.39, 0.29) is 0 Å². The van der Waals surface area contributed by atoms with Gasteiger partial charge in [0.1, 0.15) is 0 Å². The molecule has 0 saturated carbocycles. The van der Waals surface area contributed by atoms with Crippen LogP contribution in [0.4, 0.5) is 0 Å². The fraction of sp³-hybridized carbons (Fsp3) is 0.0455. The Labute approximate surface area is 279 Å². The molecule has 4 heteroatoms. The first kappa shape index (κ1) is 28.0. The van der Waals surface area contributed by atoms with Crippen molar-refractivity contribution in [3.05, 3.63) is 169 Å². The molecule has 228 valence electrons. The second-order valence-corrected chi connectivity index (χ2v) is 12.2. The minimum atomic E-state index is 0.507. The molecule has 1 aliphatic carbocycles. The van der Waals surface area contributed by atoms with E-state index in [4.69, 9.17) is 4.42 Å². The average molecular weight is 618 g/mol. The van der Waals surface area contributed by atoms with Crippen LogP contribution < -0.4 is 0 Å². The van der Waals surface area contributed by atoms with Gasteiger partial charge in [0, 0.05) is 33.5 Å². The molecule has 0 spiro atoms. The summed E-state index contributed by atoms with van der Waals surface area (Å²) >= 11 is 0. The smallest absolute Gasteiger partial charge is 0.248 e. The lowest BCUT2D eigenvalue weighted by atomic mass is 9.89. The van der Waals surface area contributed by atoms with Crippen molar-refractivity contribution in [2.24, 2.45) is 0 Å². The van der Waals surface area contributed by atoms with Crippen molar-refractivity contribution in [1.82, 2.24) is 14.8 Å². The molecule has 48 heavy (non-hydrogen) atoms. The van der Waals surface area contributed by atoms with Gasteiger partial charge < -0.3 is 8.98 Å². The highest BCUT2D eigenvalue weighted by Crippen LogP contribution is 2.41. The molecule has 0 N–H and O–H groups in total. The Morgan fingerprint density at radius 2 is 1.04 bits per heavy atom. The first-order valence-corrected chi connectivity index (χ1v) is 16.4. The molecule has 8 aromatic rings. The third-order valence-corrected chi connectivity index (χ3v) is 9.30. The van der Waals surface area contributed by atoms with Gasteiger partial charge in [0.2, 0.25) is 11.8 Å². The van der Waals surface area contributed by atoms with Gasteiger partial charge >= 0.3 is 0 Å². The molecule has 6 aromatic carbocycles. The van der Waals surface area contributed by atoms with E-state index in [2.05, 4.69) is 148 Å². The van der Waals surface area contributed by atoms with Crippen LogP contribution in [0, 0.1) is 0 Å². The number of benzene rings is 6. The molecule has 2 heterocycles. The van der Waals surface area contributed by atoms with Crippen LogP contribution in [0.5, 0.6) is 0 Å². The predicted molar refractivity (Wildman–Crippen MR) is 196 cm³/mol. The van der Waals surface area contributed by atoms with E-state index in [9.17, 15) is 0 Å². The summed E-state index contributed by atoms with van der Waals surface area (Å²) in [5.41, 5.74) is 14.1.